The SMILES string of the molecule is O=C1NCCC(N=Cc2ccccc2)N1c1ccc(I)cc1. The fraction of sp³-hybridized carbons (Fsp3) is 0.176. The number of carbonyl (C=O) groups excluding carboxylic acids is 1. The number of anilines is 1. The average molecular weight is 405 g/mol. The van der Waals surface area contributed by atoms with E-state index in [2.05, 4.69) is 32.9 Å². The van der Waals surface area contributed by atoms with Crippen molar-refractivity contribution in [3.63, 3.8) is 0 Å². The van der Waals surface area contributed by atoms with Crippen molar-refractivity contribution in [3.05, 3.63) is 63.7 Å². The fourth-order valence-corrected chi connectivity index (χ4v) is 2.76. The monoisotopic (exact) mass is 405 g/mol. The summed E-state index contributed by atoms with van der Waals surface area (Å²) in [6.45, 7) is 0.649. The van der Waals surface area contributed by atoms with Gasteiger partial charge in [0, 0.05) is 28.4 Å². The second-order valence-corrected chi connectivity index (χ2v) is 6.28. The Balaban J connectivity index is 1.85. The number of carbonyl (C=O) groups is 1. The molecule has 1 heterocycles. The van der Waals surface area contributed by atoms with Gasteiger partial charge >= 0.3 is 6.03 Å². The summed E-state index contributed by atoms with van der Waals surface area (Å²) in [4.78, 5) is 18.6. The van der Waals surface area contributed by atoms with Crippen LogP contribution in [0.3, 0.4) is 0 Å². The minimum absolute atomic E-state index is 0.0948. The van der Waals surface area contributed by atoms with E-state index in [1.165, 1.54) is 0 Å². The van der Waals surface area contributed by atoms with Crippen molar-refractivity contribution in [2.75, 3.05) is 11.4 Å². The molecule has 0 spiro atoms. The van der Waals surface area contributed by atoms with Gasteiger partial charge in [0.05, 0.1) is 0 Å². The molecule has 1 N–H and O–H groups in total. The number of halogens is 1. The molecule has 2 aromatic carbocycles. The summed E-state index contributed by atoms with van der Waals surface area (Å²) >= 11 is 2.25. The van der Waals surface area contributed by atoms with Crippen molar-refractivity contribution >= 4 is 40.5 Å². The van der Waals surface area contributed by atoms with Crippen LogP contribution in [0.4, 0.5) is 10.5 Å². The Kier molecular flexibility index (Phi) is 4.72. The molecule has 0 radical (unpaired) electrons. The first-order valence-electron chi connectivity index (χ1n) is 7.15. The first kappa shape index (κ1) is 15.0. The number of rotatable bonds is 3. The van der Waals surface area contributed by atoms with E-state index < -0.39 is 0 Å². The first-order valence-corrected chi connectivity index (χ1v) is 8.23. The molecule has 22 heavy (non-hydrogen) atoms. The van der Waals surface area contributed by atoms with Crippen molar-refractivity contribution in [2.45, 2.75) is 12.6 Å². The number of amides is 2. The van der Waals surface area contributed by atoms with Crippen molar-refractivity contribution in [1.29, 1.82) is 0 Å². The summed E-state index contributed by atoms with van der Waals surface area (Å²) in [7, 11) is 0. The molecule has 1 saturated heterocycles. The summed E-state index contributed by atoms with van der Waals surface area (Å²) in [5.74, 6) is 0. The average Bonchev–Trinajstić information content (AvgIpc) is 2.55. The Bertz CT molecular complexity index is 670. The molecule has 4 nitrogen and oxygen atoms in total. The zero-order valence-corrected chi connectivity index (χ0v) is 14.1. The largest absolute Gasteiger partial charge is 0.337 e. The number of benzene rings is 2. The minimum Gasteiger partial charge on any atom is -0.337 e. The topological polar surface area (TPSA) is 44.7 Å². The van der Waals surface area contributed by atoms with Crippen LogP contribution in [0.1, 0.15) is 12.0 Å². The lowest BCUT2D eigenvalue weighted by Crippen LogP contribution is -2.52. The second kappa shape index (κ2) is 6.91. The summed E-state index contributed by atoms with van der Waals surface area (Å²) < 4.78 is 1.14. The van der Waals surface area contributed by atoms with Gasteiger partial charge < -0.3 is 5.32 Å². The van der Waals surface area contributed by atoms with Crippen molar-refractivity contribution < 1.29 is 4.79 Å². The highest BCUT2D eigenvalue weighted by atomic mass is 127. The zero-order valence-electron chi connectivity index (χ0n) is 11.9. The molecule has 112 valence electrons. The van der Waals surface area contributed by atoms with Gasteiger partial charge in [-0.3, -0.25) is 9.89 Å². The molecular weight excluding hydrogens is 389 g/mol. The number of nitrogens with one attached hydrogen (secondary N) is 1. The molecule has 1 unspecified atom stereocenters. The van der Waals surface area contributed by atoms with Crippen LogP contribution in [0.15, 0.2) is 59.6 Å². The number of aliphatic imine (C=N–C) groups is 1. The van der Waals surface area contributed by atoms with E-state index >= 15 is 0 Å². The predicted octanol–water partition coefficient (Wildman–Crippen LogP) is 3.66. The zero-order chi connectivity index (χ0) is 15.4. The van der Waals surface area contributed by atoms with Gasteiger partial charge in [-0.2, -0.15) is 0 Å². The molecule has 0 aliphatic carbocycles. The Labute approximate surface area is 143 Å². The number of nitrogens with zero attached hydrogens (tertiary/aromatic N) is 2. The highest BCUT2D eigenvalue weighted by Gasteiger charge is 2.28. The lowest BCUT2D eigenvalue weighted by atomic mass is 10.2. The molecule has 0 saturated carbocycles. The number of urea groups is 1. The molecule has 1 fully saturated rings. The van der Waals surface area contributed by atoms with Crippen LogP contribution in [0.25, 0.3) is 0 Å². The molecule has 1 aliphatic heterocycles. The van der Waals surface area contributed by atoms with E-state index in [9.17, 15) is 4.79 Å². The first-order chi connectivity index (χ1) is 10.7. The quantitative estimate of drug-likeness (QED) is 0.615. The third-order valence-corrected chi connectivity index (χ3v) is 4.21. The summed E-state index contributed by atoms with van der Waals surface area (Å²) in [6.07, 6.45) is 2.46. The maximum Gasteiger partial charge on any atom is 0.323 e. The molecule has 1 atom stereocenters. The minimum atomic E-state index is -0.172. The molecule has 2 aromatic rings. The van der Waals surface area contributed by atoms with Gasteiger partial charge in [0.15, 0.2) is 0 Å². The third-order valence-electron chi connectivity index (χ3n) is 3.50. The van der Waals surface area contributed by atoms with Gasteiger partial charge in [-0.15, -0.1) is 0 Å². The van der Waals surface area contributed by atoms with Crippen molar-refractivity contribution in [2.24, 2.45) is 4.99 Å². The van der Waals surface area contributed by atoms with Crippen molar-refractivity contribution in [1.82, 2.24) is 5.32 Å². The summed E-state index contributed by atoms with van der Waals surface area (Å²) in [5.41, 5.74) is 1.91. The maximum atomic E-state index is 12.2. The molecule has 3 rings (SSSR count). The Hall–Kier alpha value is -1.89. The maximum absolute atomic E-state index is 12.2. The van der Waals surface area contributed by atoms with E-state index in [0.717, 1.165) is 21.2 Å². The van der Waals surface area contributed by atoms with Crippen LogP contribution in [-0.4, -0.2) is 25.0 Å². The lowest BCUT2D eigenvalue weighted by molar-refractivity contribution is 0.238. The van der Waals surface area contributed by atoms with E-state index in [1.54, 1.807) is 4.90 Å². The molecule has 2 amide bonds. The third kappa shape index (κ3) is 3.47. The molecule has 5 heteroatoms. The van der Waals surface area contributed by atoms with Crippen LogP contribution < -0.4 is 10.2 Å². The van der Waals surface area contributed by atoms with Crippen molar-refractivity contribution in [3.8, 4) is 0 Å². The van der Waals surface area contributed by atoms with Crippen LogP contribution in [0, 0.1) is 3.57 Å². The van der Waals surface area contributed by atoms with Crippen LogP contribution in [-0.2, 0) is 0 Å². The van der Waals surface area contributed by atoms with Gasteiger partial charge in [-0.1, -0.05) is 30.3 Å². The Morgan fingerprint density at radius 3 is 2.59 bits per heavy atom. The van der Waals surface area contributed by atoms with Gasteiger partial charge in [0.2, 0.25) is 0 Å². The van der Waals surface area contributed by atoms with Gasteiger partial charge in [-0.05, 0) is 52.4 Å². The molecule has 1 aliphatic rings. The van der Waals surface area contributed by atoms with Gasteiger partial charge in [-0.25, -0.2) is 4.79 Å². The van der Waals surface area contributed by atoms with Crippen LogP contribution in [0.2, 0.25) is 0 Å². The Morgan fingerprint density at radius 1 is 1.14 bits per heavy atom. The van der Waals surface area contributed by atoms with Crippen LogP contribution >= 0.6 is 22.6 Å². The van der Waals surface area contributed by atoms with E-state index in [1.807, 2.05) is 60.8 Å². The van der Waals surface area contributed by atoms with Crippen LogP contribution in [0.5, 0.6) is 0 Å². The van der Waals surface area contributed by atoms with E-state index in [-0.39, 0.29) is 12.2 Å². The smallest absolute Gasteiger partial charge is 0.323 e. The number of hydrogen-bond acceptors (Lipinski definition) is 2. The highest BCUT2D eigenvalue weighted by molar-refractivity contribution is 14.1. The van der Waals surface area contributed by atoms with Gasteiger partial charge in [0.25, 0.3) is 0 Å². The summed E-state index contributed by atoms with van der Waals surface area (Å²) in [5, 5.41) is 2.88. The lowest BCUT2D eigenvalue weighted by Gasteiger charge is -2.33. The fourth-order valence-electron chi connectivity index (χ4n) is 2.40. The predicted molar refractivity (Wildman–Crippen MR) is 97.5 cm³/mol. The van der Waals surface area contributed by atoms with E-state index in [4.69, 9.17) is 0 Å². The summed E-state index contributed by atoms with van der Waals surface area (Å²) in [6, 6.07) is 17.7. The standard InChI is InChI=1S/C17H16IN3O/c18-14-6-8-15(9-7-14)21-16(10-11-19-17(21)22)20-12-13-4-2-1-3-5-13/h1-9,12,16H,10-11H2,(H,19,22). The van der Waals surface area contributed by atoms with Gasteiger partial charge in [0.1, 0.15) is 6.17 Å². The van der Waals surface area contributed by atoms with E-state index in [0.29, 0.717) is 6.54 Å². The molecule has 0 bridgehead atoms. The Morgan fingerprint density at radius 2 is 1.86 bits per heavy atom. The molecule has 0 aromatic heterocycles. The second-order valence-electron chi connectivity index (χ2n) is 5.04. The highest BCUT2D eigenvalue weighted by Crippen LogP contribution is 2.23. The normalized spacial score (nSPS) is 18.5. The number of hydrogen-bond donors (Lipinski definition) is 1. The molecular formula is C17H16IN3O.